The van der Waals surface area contributed by atoms with Crippen LogP contribution in [0.15, 0.2) is 35.2 Å². The molecule has 0 aliphatic rings. The lowest BCUT2D eigenvalue weighted by Gasteiger charge is -2.19. The fourth-order valence-electron chi connectivity index (χ4n) is 1.27. The number of nitrogens with zero attached hydrogens (tertiary/aromatic N) is 1. The highest BCUT2D eigenvalue weighted by atomic mass is 32.2. The SMILES string of the molecule is CC(C)[C@H](F)[C@H](C#N)N[S+]([O-])c1ccccc1. The molecular formula is C12H15FN2OS. The molecule has 0 heterocycles. The van der Waals surface area contributed by atoms with Crippen molar-refractivity contribution in [1.29, 1.82) is 5.26 Å². The first-order valence-electron chi connectivity index (χ1n) is 5.33. The van der Waals surface area contributed by atoms with Crippen molar-refractivity contribution in [2.75, 3.05) is 0 Å². The molecule has 5 heteroatoms. The second kappa shape index (κ2) is 6.60. The Balaban J connectivity index is 2.67. The maximum absolute atomic E-state index is 13.6. The van der Waals surface area contributed by atoms with Gasteiger partial charge in [0.15, 0.2) is 10.9 Å². The monoisotopic (exact) mass is 254 g/mol. The average molecular weight is 254 g/mol. The van der Waals surface area contributed by atoms with Crippen LogP contribution in [0.2, 0.25) is 0 Å². The number of nitriles is 1. The van der Waals surface area contributed by atoms with E-state index in [1.807, 2.05) is 0 Å². The largest absolute Gasteiger partial charge is 0.593 e. The Kier molecular flexibility index (Phi) is 5.42. The molecule has 0 aliphatic heterocycles. The maximum atomic E-state index is 13.6. The smallest absolute Gasteiger partial charge is 0.173 e. The minimum atomic E-state index is -1.56. The van der Waals surface area contributed by atoms with E-state index >= 15 is 0 Å². The van der Waals surface area contributed by atoms with Gasteiger partial charge in [0.25, 0.3) is 0 Å². The third-order valence-electron chi connectivity index (χ3n) is 2.29. The topological polar surface area (TPSA) is 58.9 Å². The van der Waals surface area contributed by atoms with Gasteiger partial charge in [-0.2, -0.15) is 5.26 Å². The summed E-state index contributed by atoms with van der Waals surface area (Å²) in [6, 6.07) is 9.36. The van der Waals surface area contributed by atoms with Crippen molar-refractivity contribution in [2.45, 2.75) is 31.0 Å². The summed E-state index contributed by atoms with van der Waals surface area (Å²) in [4.78, 5) is 0.531. The molecule has 0 saturated carbocycles. The second-order valence-electron chi connectivity index (χ2n) is 3.99. The van der Waals surface area contributed by atoms with E-state index in [2.05, 4.69) is 4.72 Å². The number of hydrogen-bond donors (Lipinski definition) is 1. The Morgan fingerprint density at radius 3 is 2.41 bits per heavy atom. The van der Waals surface area contributed by atoms with Crippen LogP contribution in [0.4, 0.5) is 4.39 Å². The van der Waals surface area contributed by atoms with Crippen LogP contribution < -0.4 is 4.72 Å². The van der Waals surface area contributed by atoms with Crippen LogP contribution in [-0.2, 0) is 11.4 Å². The fourth-order valence-corrected chi connectivity index (χ4v) is 2.23. The molecule has 1 N–H and O–H groups in total. The molecule has 3 nitrogen and oxygen atoms in total. The van der Waals surface area contributed by atoms with Gasteiger partial charge in [0.2, 0.25) is 0 Å². The number of benzene rings is 1. The van der Waals surface area contributed by atoms with Gasteiger partial charge in [0.1, 0.15) is 6.17 Å². The molecule has 0 saturated heterocycles. The predicted molar refractivity (Wildman–Crippen MR) is 65.1 cm³/mol. The van der Waals surface area contributed by atoms with Crippen LogP contribution in [-0.4, -0.2) is 16.8 Å². The van der Waals surface area contributed by atoms with E-state index < -0.39 is 23.6 Å². The van der Waals surface area contributed by atoms with Crippen molar-refractivity contribution in [3.8, 4) is 6.07 Å². The number of rotatable bonds is 5. The van der Waals surface area contributed by atoms with E-state index in [-0.39, 0.29) is 5.92 Å². The predicted octanol–water partition coefficient (Wildman–Crippen LogP) is 2.19. The molecule has 0 radical (unpaired) electrons. The van der Waals surface area contributed by atoms with E-state index in [1.54, 1.807) is 50.2 Å². The summed E-state index contributed by atoms with van der Waals surface area (Å²) >= 11 is -1.56. The number of hydrogen-bond acceptors (Lipinski definition) is 3. The van der Waals surface area contributed by atoms with Crippen molar-refractivity contribution >= 4 is 11.4 Å². The minimum Gasteiger partial charge on any atom is -0.593 e. The Labute approximate surface area is 104 Å². The quantitative estimate of drug-likeness (QED) is 0.819. The highest BCUT2D eigenvalue weighted by Crippen LogP contribution is 2.14. The van der Waals surface area contributed by atoms with E-state index in [0.717, 1.165) is 0 Å². The highest BCUT2D eigenvalue weighted by molar-refractivity contribution is 7.89. The summed E-state index contributed by atoms with van der Waals surface area (Å²) in [7, 11) is 0. The summed E-state index contributed by atoms with van der Waals surface area (Å²) < 4.78 is 28.0. The molecule has 0 aliphatic carbocycles. The molecule has 0 fully saturated rings. The first-order chi connectivity index (χ1) is 8.06. The van der Waals surface area contributed by atoms with Crippen LogP contribution in [0.3, 0.4) is 0 Å². The number of alkyl halides is 1. The van der Waals surface area contributed by atoms with Gasteiger partial charge in [-0.05, 0) is 18.1 Å². The lowest BCUT2D eigenvalue weighted by atomic mass is 10.0. The Morgan fingerprint density at radius 1 is 1.35 bits per heavy atom. The summed E-state index contributed by atoms with van der Waals surface area (Å²) in [5, 5.41) is 8.85. The van der Waals surface area contributed by atoms with Gasteiger partial charge in [0.05, 0.1) is 17.4 Å². The Hall–Kier alpha value is -1.09. The third-order valence-corrected chi connectivity index (χ3v) is 3.45. The lowest BCUT2D eigenvalue weighted by Crippen LogP contribution is -2.42. The number of nitrogens with one attached hydrogen (secondary N) is 1. The van der Waals surface area contributed by atoms with Gasteiger partial charge in [-0.1, -0.05) is 32.0 Å². The zero-order chi connectivity index (χ0) is 12.8. The summed E-state index contributed by atoms with van der Waals surface area (Å²) in [6.07, 6.45) is -1.34. The average Bonchev–Trinajstić information content (AvgIpc) is 2.35. The zero-order valence-corrected chi connectivity index (χ0v) is 10.6. The van der Waals surface area contributed by atoms with Crippen molar-refractivity contribution in [3.05, 3.63) is 30.3 Å². The number of halogens is 1. The Bertz CT molecular complexity index is 380. The molecule has 0 spiro atoms. The minimum absolute atomic E-state index is 0.292. The summed E-state index contributed by atoms with van der Waals surface area (Å²) in [6.45, 7) is 3.37. The van der Waals surface area contributed by atoms with E-state index in [0.29, 0.717) is 4.90 Å². The van der Waals surface area contributed by atoms with Gasteiger partial charge in [0, 0.05) is 0 Å². The van der Waals surface area contributed by atoms with Crippen molar-refractivity contribution in [2.24, 2.45) is 5.92 Å². The van der Waals surface area contributed by atoms with Crippen molar-refractivity contribution < 1.29 is 8.94 Å². The molecule has 1 aromatic rings. The fraction of sp³-hybridized carbons (Fsp3) is 0.417. The summed E-state index contributed by atoms with van der Waals surface area (Å²) in [5.74, 6) is -0.292. The molecule has 3 atom stereocenters. The van der Waals surface area contributed by atoms with E-state index in [4.69, 9.17) is 5.26 Å². The molecule has 17 heavy (non-hydrogen) atoms. The molecular weight excluding hydrogens is 239 g/mol. The molecule has 1 unspecified atom stereocenters. The van der Waals surface area contributed by atoms with Crippen LogP contribution >= 0.6 is 0 Å². The lowest BCUT2D eigenvalue weighted by molar-refractivity contribution is 0.229. The van der Waals surface area contributed by atoms with Gasteiger partial charge in [-0.15, -0.1) is 4.72 Å². The molecule has 1 aromatic carbocycles. The van der Waals surface area contributed by atoms with Crippen LogP contribution in [0.25, 0.3) is 0 Å². The second-order valence-corrected chi connectivity index (χ2v) is 5.24. The van der Waals surface area contributed by atoms with Gasteiger partial charge >= 0.3 is 0 Å². The van der Waals surface area contributed by atoms with Crippen LogP contribution in [0.1, 0.15) is 13.8 Å². The highest BCUT2D eigenvalue weighted by Gasteiger charge is 2.28. The van der Waals surface area contributed by atoms with Gasteiger partial charge in [-0.25, -0.2) is 4.39 Å². The van der Waals surface area contributed by atoms with E-state index in [9.17, 15) is 8.94 Å². The molecule has 0 amide bonds. The van der Waals surface area contributed by atoms with Crippen LogP contribution in [0.5, 0.6) is 0 Å². The first-order valence-corrected chi connectivity index (χ1v) is 6.48. The molecule has 0 bridgehead atoms. The zero-order valence-electron chi connectivity index (χ0n) is 9.76. The van der Waals surface area contributed by atoms with Crippen molar-refractivity contribution in [3.63, 3.8) is 0 Å². The normalized spacial score (nSPS) is 16.2. The summed E-state index contributed by atoms with van der Waals surface area (Å²) in [5.41, 5.74) is 0. The molecule has 1 rings (SSSR count). The standard InChI is InChI=1S/C12H15FN2OS/c1-9(2)12(13)11(8-14)15-17(16)10-6-4-3-5-7-10/h3-7,9,11-12,15H,1-2H3/t11-,12-,17?/m0/s1. The van der Waals surface area contributed by atoms with Gasteiger partial charge in [-0.3, -0.25) is 0 Å². The van der Waals surface area contributed by atoms with Crippen LogP contribution in [0, 0.1) is 17.2 Å². The third kappa shape index (κ3) is 4.00. The van der Waals surface area contributed by atoms with Crippen molar-refractivity contribution in [1.82, 2.24) is 4.72 Å². The molecule has 92 valence electrons. The maximum Gasteiger partial charge on any atom is 0.173 e. The van der Waals surface area contributed by atoms with Gasteiger partial charge < -0.3 is 4.55 Å². The molecule has 0 aromatic heterocycles. The Morgan fingerprint density at radius 2 is 1.94 bits per heavy atom. The van der Waals surface area contributed by atoms with E-state index in [1.165, 1.54) is 0 Å². The first kappa shape index (κ1) is 14.0.